The molecule has 10 nitrogen and oxygen atoms in total. The number of nitrogens with one attached hydrogen (secondary N) is 2. The Balaban J connectivity index is 0.979. The monoisotopic (exact) mass is 768 g/mol. The first-order chi connectivity index (χ1) is 26.0. The quantitative estimate of drug-likeness (QED) is 0.141. The average Bonchev–Trinajstić information content (AvgIpc) is 3.86. The first-order valence-corrected chi connectivity index (χ1v) is 18.7. The van der Waals surface area contributed by atoms with Gasteiger partial charge in [-0.1, -0.05) is 71.8 Å². The number of ether oxygens (including phenoxy) is 2. The smallest absolute Gasteiger partial charge is 0.264 e. The van der Waals surface area contributed by atoms with Crippen molar-refractivity contribution in [3.05, 3.63) is 118 Å². The molecule has 2 unspecified atom stereocenters. The number of anilines is 2. The second kappa shape index (κ2) is 17.7. The van der Waals surface area contributed by atoms with E-state index in [-0.39, 0.29) is 23.6 Å². The number of likely N-dealkylation sites (tertiary alicyclic amines) is 2. The van der Waals surface area contributed by atoms with Gasteiger partial charge in [0.2, 0.25) is 11.8 Å². The first-order valence-electron chi connectivity index (χ1n) is 18.0. The molecule has 0 aliphatic carbocycles. The van der Waals surface area contributed by atoms with Gasteiger partial charge in [0.25, 0.3) is 11.8 Å². The Morgan fingerprint density at radius 1 is 0.630 bits per heavy atom. The van der Waals surface area contributed by atoms with Gasteiger partial charge in [-0.3, -0.25) is 19.2 Å². The van der Waals surface area contributed by atoms with Gasteiger partial charge in [0.1, 0.15) is 23.6 Å². The van der Waals surface area contributed by atoms with Crippen LogP contribution in [0, 0.1) is 0 Å². The van der Waals surface area contributed by atoms with E-state index in [0.717, 1.165) is 24.0 Å². The minimum absolute atomic E-state index is 0.240. The summed E-state index contributed by atoms with van der Waals surface area (Å²) in [5.74, 6) is 0.0128. The zero-order chi connectivity index (χ0) is 38.2. The van der Waals surface area contributed by atoms with Crippen LogP contribution in [0.5, 0.6) is 11.5 Å². The van der Waals surface area contributed by atoms with Crippen LogP contribution >= 0.6 is 23.2 Å². The van der Waals surface area contributed by atoms with Gasteiger partial charge in [-0.2, -0.15) is 0 Å². The van der Waals surface area contributed by atoms with Crippen LogP contribution in [0.4, 0.5) is 11.4 Å². The molecule has 0 bridgehead atoms. The molecule has 4 atom stereocenters. The Morgan fingerprint density at radius 3 is 1.39 bits per heavy atom. The van der Waals surface area contributed by atoms with Crippen LogP contribution in [0.25, 0.3) is 12.2 Å². The Kier molecular flexibility index (Phi) is 12.6. The summed E-state index contributed by atoms with van der Waals surface area (Å²) in [6, 6.07) is 27.4. The number of carbonyl (C=O) groups excluding carboxylic acids is 4. The molecule has 0 aromatic heterocycles. The van der Waals surface area contributed by atoms with Crippen LogP contribution in [0.1, 0.15) is 50.7 Å². The SMILES string of the molecule is CC(Oc1cccc(Cl)c1)C(=O)N1CCC[C@H]1C(=O)Nc1ccc(/C=C/c2ccc(NC(=O)[C@@H]3CCCN3C(=O)C(C)Oc3cccc(Cl)c3)cc2)cc1. The summed E-state index contributed by atoms with van der Waals surface area (Å²) < 4.78 is 11.6. The Morgan fingerprint density at radius 2 is 1.02 bits per heavy atom. The molecule has 2 saturated heterocycles. The normalized spacial score (nSPS) is 17.9. The third-order valence-electron chi connectivity index (χ3n) is 9.42. The second-order valence-electron chi connectivity index (χ2n) is 13.4. The number of halogens is 2. The summed E-state index contributed by atoms with van der Waals surface area (Å²) in [6.45, 7) is 4.32. The maximum atomic E-state index is 13.2. The van der Waals surface area contributed by atoms with E-state index in [4.69, 9.17) is 32.7 Å². The number of hydrogen-bond donors (Lipinski definition) is 2. The van der Waals surface area contributed by atoms with Crippen molar-refractivity contribution in [1.29, 1.82) is 0 Å². The van der Waals surface area contributed by atoms with Crippen molar-refractivity contribution in [2.24, 2.45) is 0 Å². The summed E-state index contributed by atoms with van der Waals surface area (Å²) in [5, 5.41) is 6.93. The summed E-state index contributed by atoms with van der Waals surface area (Å²) in [5.41, 5.74) is 3.11. The van der Waals surface area contributed by atoms with E-state index in [9.17, 15) is 19.2 Å². The second-order valence-corrected chi connectivity index (χ2v) is 14.2. The van der Waals surface area contributed by atoms with Gasteiger partial charge in [-0.25, -0.2) is 0 Å². The largest absolute Gasteiger partial charge is 0.481 e. The molecule has 54 heavy (non-hydrogen) atoms. The number of hydrogen-bond acceptors (Lipinski definition) is 6. The molecule has 2 N–H and O–H groups in total. The highest BCUT2D eigenvalue weighted by atomic mass is 35.5. The fraction of sp³-hybridized carbons (Fsp3) is 0.286. The number of nitrogens with zero attached hydrogens (tertiary/aromatic N) is 2. The number of rotatable bonds is 12. The minimum Gasteiger partial charge on any atom is -0.481 e. The highest BCUT2D eigenvalue weighted by Gasteiger charge is 2.38. The number of carbonyl (C=O) groups is 4. The molecule has 2 heterocycles. The lowest BCUT2D eigenvalue weighted by Gasteiger charge is -2.27. The van der Waals surface area contributed by atoms with Gasteiger partial charge >= 0.3 is 0 Å². The van der Waals surface area contributed by atoms with Crippen LogP contribution < -0.4 is 20.1 Å². The van der Waals surface area contributed by atoms with E-state index in [2.05, 4.69) is 10.6 Å². The van der Waals surface area contributed by atoms with E-state index in [1.54, 1.807) is 72.2 Å². The van der Waals surface area contributed by atoms with Crippen LogP contribution in [0.15, 0.2) is 97.1 Å². The number of amides is 4. The lowest BCUT2D eigenvalue weighted by atomic mass is 10.1. The molecule has 2 aliphatic rings. The van der Waals surface area contributed by atoms with Crippen LogP contribution in [0.3, 0.4) is 0 Å². The Hall–Kier alpha value is -5.32. The van der Waals surface area contributed by atoms with E-state index in [1.165, 1.54) is 0 Å². The summed E-state index contributed by atoms with van der Waals surface area (Å²) >= 11 is 12.1. The molecule has 2 fully saturated rings. The molecule has 4 aromatic rings. The molecule has 12 heteroatoms. The third-order valence-corrected chi connectivity index (χ3v) is 9.89. The van der Waals surface area contributed by atoms with Crippen molar-refractivity contribution >= 4 is 70.4 Å². The lowest BCUT2D eigenvalue weighted by Crippen LogP contribution is -2.47. The topological polar surface area (TPSA) is 117 Å². The molecular formula is C42H42Cl2N4O6. The molecule has 0 radical (unpaired) electrons. The van der Waals surface area contributed by atoms with Crippen LogP contribution in [0.2, 0.25) is 10.0 Å². The minimum atomic E-state index is -0.769. The van der Waals surface area contributed by atoms with Crippen molar-refractivity contribution in [1.82, 2.24) is 9.80 Å². The van der Waals surface area contributed by atoms with Crippen molar-refractivity contribution in [3.8, 4) is 11.5 Å². The van der Waals surface area contributed by atoms with E-state index < -0.39 is 24.3 Å². The van der Waals surface area contributed by atoms with Gasteiger partial charge < -0.3 is 29.9 Å². The van der Waals surface area contributed by atoms with E-state index in [1.807, 2.05) is 60.7 Å². The van der Waals surface area contributed by atoms with Crippen molar-refractivity contribution in [2.45, 2.75) is 63.8 Å². The van der Waals surface area contributed by atoms with Crippen LogP contribution in [-0.4, -0.2) is 70.8 Å². The van der Waals surface area contributed by atoms with Gasteiger partial charge in [-0.15, -0.1) is 0 Å². The molecule has 2 aliphatic heterocycles. The number of benzene rings is 4. The lowest BCUT2D eigenvalue weighted by molar-refractivity contribution is -0.142. The van der Waals surface area contributed by atoms with Gasteiger partial charge in [0.15, 0.2) is 12.2 Å². The predicted molar refractivity (Wildman–Crippen MR) is 212 cm³/mol. The van der Waals surface area contributed by atoms with Crippen LogP contribution in [-0.2, 0) is 19.2 Å². The predicted octanol–water partition coefficient (Wildman–Crippen LogP) is 7.96. The average molecular weight is 770 g/mol. The van der Waals surface area contributed by atoms with Gasteiger partial charge in [-0.05, 0) is 111 Å². The molecule has 0 saturated carbocycles. The third kappa shape index (κ3) is 9.80. The summed E-state index contributed by atoms with van der Waals surface area (Å²) in [6.07, 6.45) is 4.97. The van der Waals surface area contributed by atoms with Gasteiger partial charge in [0.05, 0.1) is 0 Å². The van der Waals surface area contributed by atoms with Crippen molar-refractivity contribution < 1.29 is 28.7 Å². The fourth-order valence-electron chi connectivity index (χ4n) is 6.66. The molecule has 4 amide bonds. The zero-order valence-corrected chi connectivity index (χ0v) is 31.6. The maximum Gasteiger partial charge on any atom is 0.264 e. The first kappa shape index (κ1) is 38.4. The molecule has 4 aromatic carbocycles. The van der Waals surface area contributed by atoms with Crippen molar-refractivity contribution in [2.75, 3.05) is 23.7 Å². The Labute approximate surface area is 325 Å². The van der Waals surface area contributed by atoms with E-state index >= 15 is 0 Å². The fourth-order valence-corrected chi connectivity index (χ4v) is 7.02. The molecular weight excluding hydrogens is 727 g/mol. The zero-order valence-electron chi connectivity index (χ0n) is 30.0. The molecule has 280 valence electrons. The van der Waals surface area contributed by atoms with Gasteiger partial charge in [0, 0.05) is 34.5 Å². The molecule has 6 rings (SSSR count). The van der Waals surface area contributed by atoms with Crippen molar-refractivity contribution in [3.63, 3.8) is 0 Å². The summed E-state index contributed by atoms with van der Waals surface area (Å²) in [7, 11) is 0. The highest BCUT2D eigenvalue weighted by Crippen LogP contribution is 2.26. The van der Waals surface area contributed by atoms with E-state index in [0.29, 0.717) is 58.9 Å². The standard InChI is InChI=1S/C42H42Cl2N4O6/c1-27(53-35-9-3-7-31(43)25-35)41(51)47-23-5-11-37(47)39(49)45-33-19-15-29(16-20-33)13-14-30-17-21-34(22-18-30)46-40(50)38-12-6-24-48(38)42(52)28(2)54-36-10-4-8-32(44)26-36/h3-4,7-10,13-22,25-28,37-38H,5-6,11-12,23-24H2,1-2H3,(H,45,49)(H,46,50)/b14-13+/t27?,28?,37-,38-/m0/s1. The highest BCUT2D eigenvalue weighted by molar-refractivity contribution is 6.31. The molecule has 0 spiro atoms. The maximum absolute atomic E-state index is 13.2. The Bertz CT molecular complexity index is 1860. The summed E-state index contributed by atoms with van der Waals surface area (Å²) in [4.78, 5) is 56.1.